The summed E-state index contributed by atoms with van der Waals surface area (Å²) in [6, 6.07) is 7.84. The quantitative estimate of drug-likeness (QED) is 0.846. The lowest BCUT2D eigenvalue weighted by Crippen LogP contribution is -2.40. The van der Waals surface area contributed by atoms with Crippen LogP contribution in [0.15, 0.2) is 28.7 Å². The van der Waals surface area contributed by atoms with Gasteiger partial charge in [-0.25, -0.2) is 4.79 Å². The number of hydrogen-bond acceptors (Lipinski definition) is 1. The van der Waals surface area contributed by atoms with E-state index in [2.05, 4.69) is 33.5 Å². The molecule has 98 valence electrons. The molecule has 2 atom stereocenters. The van der Waals surface area contributed by atoms with Crippen LogP contribution >= 0.6 is 15.9 Å². The van der Waals surface area contributed by atoms with Gasteiger partial charge in [-0.3, -0.25) is 0 Å². The number of para-hydroxylation sites is 1. The van der Waals surface area contributed by atoms with Crippen LogP contribution in [0.4, 0.5) is 10.5 Å². The number of benzene rings is 1. The molecule has 1 aliphatic carbocycles. The number of anilines is 1. The lowest BCUT2D eigenvalue weighted by molar-refractivity contribution is 0.238. The van der Waals surface area contributed by atoms with Crippen LogP contribution in [0.5, 0.6) is 0 Å². The molecule has 0 aliphatic heterocycles. The Morgan fingerprint density at radius 3 is 2.83 bits per heavy atom. The SMILES string of the molecule is CC1CCCC(NC(=O)Nc2ccccc2Br)C1. The van der Waals surface area contributed by atoms with Crippen molar-refractivity contribution in [1.82, 2.24) is 5.32 Å². The second-order valence-corrected chi connectivity index (χ2v) is 5.90. The average molecular weight is 311 g/mol. The second kappa shape index (κ2) is 6.23. The lowest BCUT2D eigenvalue weighted by atomic mass is 9.87. The molecule has 1 aromatic carbocycles. The number of carbonyl (C=O) groups excluding carboxylic acids is 1. The van der Waals surface area contributed by atoms with Crippen LogP contribution in [0, 0.1) is 5.92 Å². The number of urea groups is 1. The number of hydrogen-bond donors (Lipinski definition) is 2. The Labute approximate surface area is 116 Å². The zero-order valence-electron chi connectivity index (χ0n) is 10.6. The van der Waals surface area contributed by atoms with Gasteiger partial charge in [-0.05, 0) is 46.8 Å². The molecule has 3 nitrogen and oxygen atoms in total. The van der Waals surface area contributed by atoms with E-state index >= 15 is 0 Å². The second-order valence-electron chi connectivity index (χ2n) is 5.05. The molecule has 4 heteroatoms. The van der Waals surface area contributed by atoms with Crippen molar-refractivity contribution < 1.29 is 4.79 Å². The van der Waals surface area contributed by atoms with Crippen LogP contribution in [0.1, 0.15) is 32.6 Å². The Hall–Kier alpha value is -1.03. The molecule has 0 heterocycles. The number of nitrogens with one attached hydrogen (secondary N) is 2. The molecule has 1 saturated carbocycles. The largest absolute Gasteiger partial charge is 0.335 e. The van der Waals surface area contributed by atoms with Crippen LogP contribution in [-0.2, 0) is 0 Å². The van der Waals surface area contributed by atoms with E-state index in [4.69, 9.17) is 0 Å². The third kappa shape index (κ3) is 3.73. The first-order chi connectivity index (χ1) is 8.65. The molecule has 2 N–H and O–H groups in total. The Morgan fingerprint density at radius 1 is 1.33 bits per heavy atom. The standard InChI is InChI=1S/C14H19BrN2O/c1-10-5-4-6-11(9-10)16-14(18)17-13-8-3-2-7-12(13)15/h2-3,7-8,10-11H,4-6,9H2,1H3,(H2,16,17,18). The van der Waals surface area contributed by atoms with Crippen LogP contribution in [0.2, 0.25) is 0 Å². The van der Waals surface area contributed by atoms with Gasteiger partial charge in [0.1, 0.15) is 0 Å². The molecule has 0 spiro atoms. The van der Waals surface area contributed by atoms with E-state index in [0.717, 1.165) is 23.0 Å². The maximum atomic E-state index is 11.9. The Balaban J connectivity index is 1.87. The topological polar surface area (TPSA) is 41.1 Å². The van der Waals surface area contributed by atoms with Gasteiger partial charge in [-0.2, -0.15) is 0 Å². The lowest BCUT2D eigenvalue weighted by Gasteiger charge is -2.27. The minimum atomic E-state index is -0.110. The van der Waals surface area contributed by atoms with Gasteiger partial charge >= 0.3 is 6.03 Å². The van der Waals surface area contributed by atoms with Crippen LogP contribution < -0.4 is 10.6 Å². The molecule has 1 fully saturated rings. The zero-order chi connectivity index (χ0) is 13.0. The molecule has 2 unspecified atom stereocenters. The fourth-order valence-electron chi connectivity index (χ4n) is 2.47. The summed E-state index contributed by atoms with van der Waals surface area (Å²) in [5, 5.41) is 5.93. The number of halogens is 1. The zero-order valence-corrected chi connectivity index (χ0v) is 12.2. The van der Waals surface area contributed by atoms with Gasteiger partial charge in [0.15, 0.2) is 0 Å². The fourth-order valence-corrected chi connectivity index (χ4v) is 2.86. The summed E-state index contributed by atoms with van der Waals surface area (Å²) in [6.45, 7) is 2.25. The first kappa shape index (κ1) is 13.4. The molecule has 1 aliphatic rings. The Kier molecular flexibility index (Phi) is 4.64. The van der Waals surface area contributed by atoms with E-state index in [1.807, 2.05) is 24.3 Å². The van der Waals surface area contributed by atoms with E-state index in [9.17, 15) is 4.79 Å². The Bertz CT molecular complexity index is 422. The van der Waals surface area contributed by atoms with Crippen molar-refractivity contribution in [3.05, 3.63) is 28.7 Å². The molecule has 0 aromatic heterocycles. The summed E-state index contributed by atoms with van der Waals surface area (Å²) in [7, 11) is 0. The van der Waals surface area contributed by atoms with Crippen LogP contribution in [0.3, 0.4) is 0 Å². The third-order valence-electron chi connectivity index (χ3n) is 3.39. The van der Waals surface area contributed by atoms with Crippen molar-refractivity contribution in [1.29, 1.82) is 0 Å². The van der Waals surface area contributed by atoms with Crippen molar-refractivity contribution in [2.45, 2.75) is 38.6 Å². The number of amides is 2. The summed E-state index contributed by atoms with van der Waals surface area (Å²) < 4.78 is 0.900. The highest BCUT2D eigenvalue weighted by Crippen LogP contribution is 2.24. The van der Waals surface area contributed by atoms with E-state index in [1.165, 1.54) is 12.8 Å². The molecule has 18 heavy (non-hydrogen) atoms. The molecular formula is C14H19BrN2O. The minimum Gasteiger partial charge on any atom is -0.335 e. The van der Waals surface area contributed by atoms with Crippen molar-refractivity contribution in [2.75, 3.05) is 5.32 Å². The minimum absolute atomic E-state index is 0.110. The van der Waals surface area contributed by atoms with E-state index in [1.54, 1.807) is 0 Å². The van der Waals surface area contributed by atoms with Gasteiger partial charge in [0, 0.05) is 10.5 Å². The monoisotopic (exact) mass is 310 g/mol. The van der Waals surface area contributed by atoms with Crippen molar-refractivity contribution in [2.24, 2.45) is 5.92 Å². The van der Waals surface area contributed by atoms with Gasteiger partial charge in [0.25, 0.3) is 0 Å². The smallest absolute Gasteiger partial charge is 0.319 e. The maximum Gasteiger partial charge on any atom is 0.319 e. The maximum absolute atomic E-state index is 11.9. The van der Waals surface area contributed by atoms with Crippen molar-refractivity contribution in [3.63, 3.8) is 0 Å². The summed E-state index contributed by atoms with van der Waals surface area (Å²) in [5.74, 6) is 0.715. The summed E-state index contributed by atoms with van der Waals surface area (Å²) >= 11 is 3.42. The van der Waals surface area contributed by atoms with Crippen LogP contribution in [0.25, 0.3) is 0 Å². The number of rotatable bonds is 2. The summed E-state index contributed by atoms with van der Waals surface area (Å²) in [4.78, 5) is 11.9. The van der Waals surface area contributed by atoms with E-state index in [-0.39, 0.29) is 6.03 Å². The highest BCUT2D eigenvalue weighted by atomic mass is 79.9. The highest BCUT2D eigenvalue weighted by molar-refractivity contribution is 9.10. The van der Waals surface area contributed by atoms with Gasteiger partial charge in [0.05, 0.1) is 5.69 Å². The molecule has 2 amide bonds. The average Bonchev–Trinajstić information content (AvgIpc) is 2.32. The third-order valence-corrected chi connectivity index (χ3v) is 4.09. The molecular weight excluding hydrogens is 292 g/mol. The summed E-state index contributed by atoms with van der Waals surface area (Å²) in [6.07, 6.45) is 4.67. The first-order valence-electron chi connectivity index (χ1n) is 6.47. The van der Waals surface area contributed by atoms with Crippen LogP contribution in [-0.4, -0.2) is 12.1 Å². The first-order valence-corrected chi connectivity index (χ1v) is 7.26. The van der Waals surface area contributed by atoms with Crippen molar-refractivity contribution >= 4 is 27.6 Å². The fraction of sp³-hybridized carbons (Fsp3) is 0.500. The van der Waals surface area contributed by atoms with Gasteiger partial charge in [-0.15, -0.1) is 0 Å². The van der Waals surface area contributed by atoms with Gasteiger partial charge in [-0.1, -0.05) is 31.9 Å². The van der Waals surface area contributed by atoms with E-state index in [0.29, 0.717) is 12.0 Å². The molecule has 0 saturated heterocycles. The van der Waals surface area contributed by atoms with Gasteiger partial charge in [0.2, 0.25) is 0 Å². The number of carbonyl (C=O) groups is 1. The summed E-state index contributed by atoms with van der Waals surface area (Å²) in [5.41, 5.74) is 0.804. The van der Waals surface area contributed by atoms with Gasteiger partial charge < -0.3 is 10.6 Å². The highest BCUT2D eigenvalue weighted by Gasteiger charge is 2.20. The predicted molar refractivity (Wildman–Crippen MR) is 77.7 cm³/mol. The molecule has 0 bridgehead atoms. The molecule has 1 aromatic rings. The normalized spacial score (nSPS) is 23.4. The molecule has 0 radical (unpaired) electrons. The van der Waals surface area contributed by atoms with E-state index < -0.39 is 0 Å². The Morgan fingerprint density at radius 2 is 2.11 bits per heavy atom. The van der Waals surface area contributed by atoms with Crippen molar-refractivity contribution in [3.8, 4) is 0 Å². The predicted octanol–water partition coefficient (Wildman–Crippen LogP) is 4.15. The molecule has 2 rings (SSSR count).